The molecule has 0 N–H and O–H groups in total. The second-order valence-corrected chi connectivity index (χ2v) is 17.2. The van der Waals surface area contributed by atoms with Gasteiger partial charge in [0, 0.05) is 12.8 Å². The fourth-order valence-electron chi connectivity index (χ4n) is 7.82. The van der Waals surface area contributed by atoms with Crippen LogP contribution in [0.15, 0.2) is 0 Å². The van der Waals surface area contributed by atoms with Gasteiger partial charge in [-0.3, -0.25) is 9.59 Å². The number of rotatable bonds is 46. The minimum absolute atomic E-state index is 0.111. The van der Waals surface area contributed by atoms with Crippen LogP contribution in [0, 0.1) is 0 Å². The van der Waals surface area contributed by atoms with Gasteiger partial charge in [-0.2, -0.15) is 0 Å². The summed E-state index contributed by atoms with van der Waals surface area (Å²) in [6, 6.07) is 0. The Balaban J connectivity index is 4.19. The lowest BCUT2D eigenvalue weighted by Crippen LogP contribution is -2.25. The molecule has 0 aliphatic rings. The van der Waals surface area contributed by atoms with Crippen LogP contribution in [-0.4, -0.2) is 24.6 Å². The van der Waals surface area contributed by atoms with E-state index in [4.69, 9.17) is 9.47 Å². The molecule has 0 aromatic heterocycles. The second-order valence-electron chi connectivity index (χ2n) is 17.2. The molecule has 0 bridgehead atoms. The lowest BCUT2D eigenvalue weighted by Gasteiger charge is -2.18. The molecule has 0 unspecified atom stereocenters. The maximum atomic E-state index is 12.8. The predicted octanol–water partition coefficient (Wildman–Crippen LogP) is 17.3. The second kappa shape index (κ2) is 46.3. The molecule has 0 radical (unpaired) electrons. The Kier molecular flexibility index (Phi) is 45.4. The van der Waals surface area contributed by atoms with Gasteiger partial charge in [0.05, 0.1) is 0 Å². The number of hydrogen-bond donors (Lipinski definition) is 0. The zero-order valence-electron chi connectivity index (χ0n) is 37.3. The van der Waals surface area contributed by atoms with Gasteiger partial charge < -0.3 is 9.47 Å². The van der Waals surface area contributed by atoms with Crippen molar-refractivity contribution in [3.63, 3.8) is 0 Å². The maximum absolute atomic E-state index is 12.8. The van der Waals surface area contributed by atoms with Crippen LogP contribution in [0.5, 0.6) is 0 Å². The topological polar surface area (TPSA) is 52.6 Å². The number of unbranched alkanes of at least 4 members (excludes halogenated alkanes) is 37. The van der Waals surface area contributed by atoms with E-state index < -0.39 is 0 Å². The Hall–Kier alpha value is -1.06. The van der Waals surface area contributed by atoms with Crippen LogP contribution in [0.3, 0.4) is 0 Å². The molecule has 0 aliphatic heterocycles. The van der Waals surface area contributed by atoms with Crippen LogP contribution in [0.1, 0.15) is 297 Å². The highest BCUT2D eigenvalue weighted by Gasteiger charge is 2.17. The van der Waals surface area contributed by atoms with Gasteiger partial charge in [-0.05, 0) is 25.7 Å². The molecule has 0 saturated carbocycles. The number of carbonyl (C=O) groups is 2. The SMILES string of the molecule is CCCCCCCCCCCCCCCCCC[C@H](COC(=O)CCCCCCCCCCCCCC)OC(=O)CCCCCCCCCCCCCC. The molecule has 1 atom stereocenters. The van der Waals surface area contributed by atoms with E-state index in [1.54, 1.807) is 0 Å². The van der Waals surface area contributed by atoms with Gasteiger partial charge in [0.25, 0.3) is 0 Å². The quantitative estimate of drug-likeness (QED) is 0.0458. The summed E-state index contributed by atoms with van der Waals surface area (Å²) in [6.07, 6.45) is 53.9. The minimum atomic E-state index is -0.299. The molecule has 54 heavy (non-hydrogen) atoms. The van der Waals surface area contributed by atoms with Crippen LogP contribution in [-0.2, 0) is 19.1 Å². The Labute approximate surface area is 339 Å². The van der Waals surface area contributed by atoms with Crippen LogP contribution in [0.25, 0.3) is 0 Å². The number of carbonyl (C=O) groups excluding carboxylic acids is 2. The van der Waals surface area contributed by atoms with Crippen molar-refractivity contribution >= 4 is 11.9 Å². The normalized spacial score (nSPS) is 12.0. The molecule has 0 amide bonds. The lowest BCUT2D eigenvalue weighted by atomic mass is 10.0. The van der Waals surface area contributed by atoms with Crippen LogP contribution >= 0.6 is 0 Å². The third kappa shape index (κ3) is 43.7. The summed E-state index contributed by atoms with van der Waals surface area (Å²) in [4.78, 5) is 25.4. The Morgan fingerprint density at radius 3 is 0.852 bits per heavy atom. The number of esters is 2. The molecule has 0 fully saturated rings. The molecule has 4 nitrogen and oxygen atoms in total. The van der Waals surface area contributed by atoms with Gasteiger partial charge in [0.2, 0.25) is 0 Å². The Morgan fingerprint density at radius 2 is 0.556 bits per heavy atom. The first-order valence-corrected chi connectivity index (χ1v) is 25.0. The van der Waals surface area contributed by atoms with Crippen molar-refractivity contribution < 1.29 is 19.1 Å². The zero-order chi connectivity index (χ0) is 39.3. The van der Waals surface area contributed by atoms with E-state index in [9.17, 15) is 9.59 Å². The fraction of sp³-hybridized carbons (Fsp3) is 0.960. The standard InChI is InChI=1S/C50H98O4/c1-4-7-10-13-16-19-22-25-26-27-28-29-32-35-38-41-44-48(54-50(52)46-43-40-37-34-31-24-21-18-15-12-9-6-3)47-53-49(51)45-42-39-36-33-30-23-20-17-14-11-8-5-2/h48H,4-47H2,1-3H3/t48-/m1/s1. The first-order chi connectivity index (χ1) is 26.6. The molecule has 0 aromatic rings. The van der Waals surface area contributed by atoms with Gasteiger partial charge >= 0.3 is 11.9 Å². The first kappa shape index (κ1) is 52.9. The van der Waals surface area contributed by atoms with Crippen molar-refractivity contribution in [2.24, 2.45) is 0 Å². The van der Waals surface area contributed by atoms with Gasteiger partial charge in [-0.15, -0.1) is 0 Å². The van der Waals surface area contributed by atoms with Crippen molar-refractivity contribution in [1.29, 1.82) is 0 Å². The predicted molar refractivity (Wildman–Crippen MR) is 236 cm³/mol. The third-order valence-corrected chi connectivity index (χ3v) is 11.6. The van der Waals surface area contributed by atoms with Crippen LogP contribution < -0.4 is 0 Å². The van der Waals surface area contributed by atoms with Crippen molar-refractivity contribution in [3.05, 3.63) is 0 Å². The average Bonchev–Trinajstić information content (AvgIpc) is 3.17. The van der Waals surface area contributed by atoms with Crippen LogP contribution in [0.2, 0.25) is 0 Å². The number of ether oxygens (including phenoxy) is 2. The third-order valence-electron chi connectivity index (χ3n) is 11.6. The molecule has 0 rings (SSSR count). The average molecular weight is 763 g/mol. The van der Waals surface area contributed by atoms with E-state index in [1.165, 1.54) is 218 Å². The van der Waals surface area contributed by atoms with E-state index in [1.807, 2.05) is 0 Å². The zero-order valence-corrected chi connectivity index (χ0v) is 37.3. The monoisotopic (exact) mass is 763 g/mol. The minimum Gasteiger partial charge on any atom is -0.462 e. The smallest absolute Gasteiger partial charge is 0.306 e. The lowest BCUT2D eigenvalue weighted by molar-refractivity contribution is -0.159. The van der Waals surface area contributed by atoms with Crippen molar-refractivity contribution in [2.75, 3.05) is 6.61 Å². The van der Waals surface area contributed by atoms with Crippen molar-refractivity contribution in [1.82, 2.24) is 0 Å². The van der Waals surface area contributed by atoms with E-state index in [2.05, 4.69) is 20.8 Å². The highest BCUT2D eigenvalue weighted by Crippen LogP contribution is 2.18. The largest absolute Gasteiger partial charge is 0.462 e. The molecule has 0 saturated heterocycles. The molecule has 0 heterocycles. The summed E-state index contributed by atoms with van der Waals surface area (Å²) in [5.74, 6) is -0.239. The molecule has 0 spiro atoms. The summed E-state index contributed by atoms with van der Waals surface area (Å²) < 4.78 is 11.6. The van der Waals surface area contributed by atoms with E-state index in [0.717, 1.165) is 44.9 Å². The molecule has 0 aliphatic carbocycles. The van der Waals surface area contributed by atoms with E-state index in [-0.39, 0.29) is 24.6 Å². The highest BCUT2D eigenvalue weighted by molar-refractivity contribution is 5.70. The number of hydrogen-bond acceptors (Lipinski definition) is 4. The van der Waals surface area contributed by atoms with Gasteiger partial charge in [-0.25, -0.2) is 0 Å². The molecule has 0 aromatic carbocycles. The maximum Gasteiger partial charge on any atom is 0.306 e. The van der Waals surface area contributed by atoms with Gasteiger partial charge in [0.1, 0.15) is 12.7 Å². The fourth-order valence-corrected chi connectivity index (χ4v) is 7.82. The molecule has 322 valence electrons. The summed E-state index contributed by atoms with van der Waals surface area (Å²) in [5.41, 5.74) is 0. The Bertz CT molecular complexity index is 736. The van der Waals surface area contributed by atoms with E-state index >= 15 is 0 Å². The Morgan fingerprint density at radius 1 is 0.315 bits per heavy atom. The van der Waals surface area contributed by atoms with Gasteiger partial charge in [-0.1, -0.05) is 258 Å². The molecular weight excluding hydrogens is 665 g/mol. The van der Waals surface area contributed by atoms with Crippen molar-refractivity contribution in [3.8, 4) is 0 Å². The summed E-state index contributed by atoms with van der Waals surface area (Å²) >= 11 is 0. The summed E-state index contributed by atoms with van der Waals surface area (Å²) in [5, 5.41) is 0. The van der Waals surface area contributed by atoms with Crippen molar-refractivity contribution in [2.45, 2.75) is 303 Å². The van der Waals surface area contributed by atoms with Crippen LogP contribution in [0.4, 0.5) is 0 Å². The molecule has 4 heteroatoms. The van der Waals surface area contributed by atoms with E-state index in [0.29, 0.717) is 12.8 Å². The first-order valence-electron chi connectivity index (χ1n) is 25.0. The summed E-state index contributed by atoms with van der Waals surface area (Å²) in [7, 11) is 0. The highest BCUT2D eigenvalue weighted by atomic mass is 16.6. The van der Waals surface area contributed by atoms with Gasteiger partial charge in [0.15, 0.2) is 0 Å². The molecular formula is C50H98O4. The summed E-state index contributed by atoms with van der Waals surface area (Å²) in [6.45, 7) is 7.06.